The first-order valence-electron chi connectivity index (χ1n) is 6.10. The number of aromatic nitrogens is 2. The molecule has 1 fully saturated rings. The molecular weight excluding hydrogens is 246 g/mol. The van der Waals surface area contributed by atoms with Crippen molar-refractivity contribution >= 4 is 17.2 Å². The number of amides is 1. The van der Waals surface area contributed by atoms with Gasteiger partial charge in [-0.05, 0) is 42.2 Å². The third-order valence-corrected chi connectivity index (χ3v) is 4.20. The first kappa shape index (κ1) is 11.5. The van der Waals surface area contributed by atoms with Gasteiger partial charge < -0.3 is 4.90 Å². The zero-order valence-electron chi connectivity index (χ0n) is 10.2. The van der Waals surface area contributed by atoms with E-state index >= 15 is 0 Å². The molecule has 0 bridgehead atoms. The number of rotatable bonds is 2. The number of nitrogens with one attached hydrogen (secondary N) is 1. The van der Waals surface area contributed by atoms with E-state index in [1.54, 1.807) is 17.5 Å². The van der Waals surface area contributed by atoms with E-state index in [1.807, 2.05) is 11.8 Å². The van der Waals surface area contributed by atoms with Gasteiger partial charge in [0.1, 0.15) is 0 Å². The number of likely N-dealkylation sites (tertiary alicyclic amines) is 1. The summed E-state index contributed by atoms with van der Waals surface area (Å²) in [6.07, 6.45) is 3.75. The first-order valence-corrected chi connectivity index (χ1v) is 7.04. The molecule has 0 spiro atoms. The van der Waals surface area contributed by atoms with Gasteiger partial charge in [-0.1, -0.05) is 0 Å². The Kier molecular flexibility index (Phi) is 2.91. The van der Waals surface area contributed by atoms with Gasteiger partial charge in [-0.25, -0.2) is 0 Å². The lowest BCUT2D eigenvalue weighted by atomic mass is 10.1. The Morgan fingerprint density at radius 3 is 3.17 bits per heavy atom. The standard InChI is InChI=1S/C13H15N3OS/c1-9-11(7-14-15-9)13(17)16-5-2-3-12(16)10-4-6-18-8-10/h4,6-8,12H,2-3,5H2,1H3,(H,14,15). The molecule has 5 heteroatoms. The van der Waals surface area contributed by atoms with Gasteiger partial charge in [0.2, 0.25) is 0 Å². The van der Waals surface area contributed by atoms with E-state index < -0.39 is 0 Å². The maximum atomic E-state index is 12.5. The molecule has 0 radical (unpaired) electrons. The van der Waals surface area contributed by atoms with Crippen molar-refractivity contribution in [2.45, 2.75) is 25.8 Å². The van der Waals surface area contributed by atoms with Crippen LogP contribution in [0.2, 0.25) is 0 Å². The van der Waals surface area contributed by atoms with Crippen molar-refractivity contribution in [1.29, 1.82) is 0 Å². The summed E-state index contributed by atoms with van der Waals surface area (Å²) in [6.45, 7) is 2.72. The van der Waals surface area contributed by atoms with Crippen molar-refractivity contribution in [3.05, 3.63) is 39.8 Å². The predicted octanol–water partition coefficient (Wildman–Crippen LogP) is 2.76. The van der Waals surface area contributed by atoms with Gasteiger partial charge in [-0.15, -0.1) is 0 Å². The molecule has 4 nitrogen and oxygen atoms in total. The number of carbonyl (C=O) groups is 1. The summed E-state index contributed by atoms with van der Waals surface area (Å²) in [4.78, 5) is 14.5. The third-order valence-electron chi connectivity index (χ3n) is 3.50. The van der Waals surface area contributed by atoms with E-state index in [0.29, 0.717) is 5.56 Å². The van der Waals surface area contributed by atoms with Gasteiger partial charge in [0.05, 0.1) is 17.8 Å². The predicted molar refractivity (Wildman–Crippen MR) is 70.7 cm³/mol. The third kappa shape index (κ3) is 1.84. The van der Waals surface area contributed by atoms with Crippen LogP contribution in [0, 0.1) is 6.92 Å². The minimum absolute atomic E-state index is 0.0925. The van der Waals surface area contributed by atoms with Crippen LogP contribution in [0.25, 0.3) is 0 Å². The van der Waals surface area contributed by atoms with Crippen LogP contribution in [-0.4, -0.2) is 27.5 Å². The van der Waals surface area contributed by atoms with Gasteiger partial charge in [-0.3, -0.25) is 9.89 Å². The fourth-order valence-electron chi connectivity index (χ4n) is 2.54. The van der Waals surface area contributed by atoms with Crippen LogP contribution in [0.1, 0.15) is 40.5 Å². The van der Waals surface area contributed by atoms with Crippen molar-refractivity contribution in [2.75, 3.05) is 6.54 Å². The van der Waals surface area contributed by atoms with Gasteiger partial charge in [0.25, 0.3) is 5.91 Å². The number of nitrogens with zero attached hydrogens (tertiary/aromatic N) is 2. The molecule has 3 heterocycles. The molecule has 1 unspecified atom stereocenters. The second-order valence-corrected chi connectivity index (χ2v) is 5.40. The number of thiophene rings is 1. The van der Waals surface area contributed by atoms with Crippen LogP contribution in [0.3, 0.4) is 0 Å². The van der Waals surface area contributed by atoms with Gasteiger partial charge in [0.15, 0.2) is 0 Å². The minimum atomic E-state index is 0.0925. The van der Waals surface area contributed by atoms with Crippen molar-refractivity contribution in [3.63, 3.8) is 0 Å². The number of hydrogen-bond acceptors (Lipinski definition) is 3. The zero-order valence-corrected chi connectivity index (χ0v) is 11.0. The highest BCUT2D eigenvalue weighted by atomic mass is 32.1. The molecule has 0 aromatic carbocycles. The highest BCUT2D eigenvalue weighted by Crippen LogP contribution is 2.34. The molecule has 2 aromatic rings. The average Bonchev–Trinajstić information content (AvgIpc) is 3.09. The van der Waals surface area contributed by atoms with Gasteiger partial charge >= 0.3 is 0 Å². The molecule has 0 saturated carbocycles. The Balaban J connectivity index is 1.88. The summed E-state index contributed by atoms with van der Waals surface area (Å²) in [6, 6.07) is 2.35. The summed E-state index contributed by atoms with van der Waals surface area (Å²) in [5, 5.41) is 11.0. The Labute approximate surface area is 110 Å². The van der Waals surface area contributed by atoms with E-state index in [4.69, 9.17) is 0 Å². The summed E-state index contributed by atoms with van der Waals surface area (Å²) in [5.74, 6) is 0.0925. The first-order chi connectivity index (χ1) is 8.77. The van der Waals surface area contributed by atoms with Crippen LogP contribution in [-0.2, 0) is 0 Å². The summed E-state index contributed by atoms with van der Waals surface area (Å²) in [5.41, 5.74) is 2.79. The van der Waals surface area contributed by atoms with E-state index in [-0.39, 0.29) is 11.9 Å². The van der Waals surface area contributed by atoms with Crippen LogP contribution >= 0.6 is 11.3 Å². The minimum Gasteiger partial charge on any atom is -0.331 e. The molecule has 1 N–H and O–H groups in total. The van der Waals surface area contributed by atoms with E-state index in [0.717, 1.165) is 25.1 Å². The molecule has 1 atom stereocenters. The molecule has 1 aliphatic heterocycles. The molecule has 94 valence electrons. The molecule has 1 amide bonds. The zero-order chi connectivity index (χ0) is 12.5. The molecule has 3 rings (SSSR count). The van der Waals surface area contributed by atoms with Crippen LogP contribution < -0.4 is 0 Å². The molecule has 0 aliphatic carbocycles. The Morgan fingerprint density at radius 1 is 1.61 bits per heavy atom. The van der Waals surface area contributed by atoms with E-state index in [2.05, 4.69) is 27.0 Å². The highest BCUT2D eigenvalue weighted by Gasteiger charge is 2.31. The number of carbonyl (C=O) groups excluding carboxylic acids is 1. The monoisotopic (exact) mass is 261 g/mol. The lowest BCUT2D eigenvalue weighted by Gasteiger charge is -2.24. The summed E-state index contributed by atoms with van der Waals surface area (Å²) >= 11 is 1.68. The van der Waals surface area contributed by atoms with E-state index in [1.165, 1.54) is 5.56 Å². The Morgan fingerprint density at radius 2 is 2.50 bits per heavy atom. The Hall–Kier alpha value is -1.62. The number of H-pyrrole nitrogens is 1. The van der Waals surface area contributed by atoms with Crippen molar-refractivity contribution in [2.24, 2.45) is 0 Å². The summed E-state index contributed by atoms with van der Waals surface area (Å²) in [7, 11) is 0. The van der Waals surface area contributed by atoms with Crippen LogP contribution in [0.4, 0.5) is 0 Å². The average molecular weight is 261 g/mol. The van der Waals surface area contributed by atoms with Crippen LogP contribution in [0.5, 0.6) is 0 Å². The number of hydrogen-bond donors (Lipinski definition) is 1. The fourth-order valence-corrected chi connectivity index (χ4v) is 3.25. The number of aromatic amines is 1. The van der Waals surface area contributed by atoms with Crippen molar-refractivity contribution in [3.8, 4) is 0 Å². The molecule has 18 heavy (non-hydrogen) atoms. The van der Waals surface area contributed by atoms with E-state index in [9.17, 15) is 4.79 Å². The summed E-state index contributed by atoms with van der Waals surface area (Å²) < 4.78 is 0. The highest BCUT2D eigenvalue weighted by molar-refractivity contribution is 7.07. The lowest BCUT2D eigenvalue weighted by molar-refractivity contribution is 0.0735. The van der Waals surface area contributed by atoms with Crippen LogP contribution in [0.15, 0.2) is 23.0 Å². The molecule has 1 saturated heterocycles. The normalized spacial score (nSPS) is 19.4. The maximum Gasteiger partial charge on any atom is 0.257 e. The Bertz CT molecular complexity index is 546. The van der Waals surface area contributed by atoms with Crippen molar-refractivity contribution in [1.82, 2.24) is 15.1 Å². The second-order valence-electron chi connectivity index (χ2n) is 4.62. The van der Waals surface area contributed by atoms with Gasteiger partial charge in [0, 0.05) is 12.2 Å². The number of aryl methyl sites for hydroxylation is 1. The quantitative estimate of drug-likeness (QED) is 0.903. The molecule has 2 aromatic heterocycles. The maximum absolute atomic E-state index is 12.5. The molecule has 1 aliphatic rings. The molecular formula is C13H15N3OS. The van der Waals surface area contributed by atoms with Crippen molar-refractivity contribution < 1.29 is 4.79 Å². The lowest BCUT2D eigenvalue weighted by Crippen LogP contribution is -2.30. The topological polar surface area (TPSA) is 49.0 Å². The fraction of sp³-hybridized carbons (Fsp3) is 0.385. The smallest absolute Gasteiger partial charge is 0.257 e. The van der Waals surface area contributed by atoms with Gasteiger partial charge in [-0.2, -0.15) is 16.4 Å². The second kappa shape index (κ2) is 4.57. The SMILES string of the molecule is Cc1[nH]ncc1C(=O)N1CCCC1c1ccsc1. The largest absolute Gasteiger partial charge is 0.331 e.